The highest BCUT2D eigenvalue weighted by molar-refractivity contribution is 8.00. The van der Waals surface area contributed by atoms with E-state index >= 15 is 0 Å². The Kier molecular flexibility index (Phi) is 7.16. The molecule has 0 saturated carbocycles. The van der Waals surface area contributed by atoms with Crippen molar-refractivity contribution in [2.45, 2.75) is 24.9 Å². The van der Waals surface area contributed by atoms with Crippen molar-refractivity contribution in [3.05, 3.63) is 47.2 Å². The molecule has 0 bridgehead atoms. The van der Waals surface area contributed by atoms with E-state index in [9.17, 15) is 24.3 Å². The number of anilines is 1. The molecule has 0 spiro atoms. The maximum Gasteiger partial charge on any atom is 0.352 e. The van der Waals surface area contributed by atoms with E-state index in [0.29, 0.717) is 16.9 Å². The number of rotatable bonds is 9. The van der Waals surface area contributed by atoms with Gasteiger partial charge in [0.1, 0.15) is 23.7 Å². The zero-order valence-corrected chi connectivity index (χ0v) is 20.4. The van der Waals surface area contributed by atoms with Crippen LogP contribution in [0.5, 0.6) is 0 Å². The van der Waals surface area contributed by atoms with Gasteiger partial charge in [0.2, 0.25) is 17.4 Å². The number of aliphatic carboxylic acids is 1. The van der Waals surface area contributed by atoms with Gasteiger partial charge in [0.25, 0.3) is 11.8 Å². The van der Waals surface area contributed by atoms with Crippen LogP contribution in [0, 0.1) is 0 Å². The van der Waals surface area contributed by atoms with Crippen LogP contribution in [-0.2, 0) is 25.8 Å². The molecule has 2 aromatic heterocycles. The largest absolute Gasteiger partial charge is 0.477 e. The second-order valence-electron chi connectivity index (χ2n) is 7.56. The van der Waals surface area contributed by atoms with Gasteiger partial charge in [-0.15, -0.1) is 11.8 Å². The number of nitrogens with zero attached hydrogens (tertiary/aromatic N) is 5. The molecule has 14 nitrogen and oxygen atoms in total. The summed E-state index contributed by atoms with van der Waals surface area (Å²) in [5, 5.41) is 15.7. The zero-order valence-electron chi connectivity index (χ0n) is 18.8. The van der Waals surface area contributed by atoms with Crippen molar-refractivity contribution >= 4 is 57.8 Å². The SMILES string of the molecule is CCON=C(C(=O)NC1C(=O)N2C(C(=O)O)=C(C[n+]3ccc(C(N)=O)cc3)CS[C@@H]12)c1nsc(N)n1. The zero-order chi connectivity index (χ0) is 26.0. The molecule has 188 valence electrons. The van der Waals surface area contributed by atoms with E-state index in [1.54, 1.807) is 23.9 Å². The number of primary amides is 1. The number of nitrogen functional groups attached to an aromatic ring is 1. The lowest BCUT2D eigenvalue weighted by molar-refractivity contribution is -0.689. The maximum absolute atomic E-state index is 13.0. The number of oxime groups is 1. The van der Waals surface area contributed by atoms with Gasteiger partial charge in [0, 0.05) is 35.0 Å². The van der Waals surface area contributed by atoms with Gasteiger partial charge in [-0.3, -0.25) is 19.3 Å². The van der Waals surface area contributed by atoms with Gasteiger partial charge in [-0.05, 0) is 6.92 Å². The number of pyridine rings is 1. The number of amides is 3. The number of carbonyl (C=O) groups excluding carboxylic acids is 3. The molecule has 2 atom stereocenters. The average Bonchev–Trinajstić information content (AvgIpc) is 3.28. The van der Waals surface area contributed by atoms with Crippen molar-refractivity contribution in [1.29, 1.82) is 0 Å². The van der Waals surface area contributed by atoms with Crippen molar-refractivity contribution < 1.29 is 33.7 Å². The standard InChI is InChI=1S/C20H20N8O6S2/c1-2-34-25-11(15-24-20(22)36-26-15)16(30)23-12-17(31)28-13(19(32)33)10(8-35-18(12)28)7-27-5-3-9(4-6-27)14(21)29/h3-6,12,18H,2,7-8H2,1H3,(H5-,21,22,23,24,26,29,30,32,33)/p+1/t12?,18-/m0/s1. The maximum atomic E-state index is 13.0. The number of aromatic nitrogens is 3. The average molecular weight is 534 g/mol. The highest BCUT2D eigenvalue weighted by atomic mass is 32.2. The van der Waals surface area contributed by atoms with E-state index in [0.717, 1.165) is 16.4 Å². The van der Waals surface area contributed by atoms with Gasteiger partial charge < -0.3 is 26.7 Å². The van der Waals surface area contributed by atoms with Gasteiger partial charge in [-0.25, -0.2) is 9.36 Å². The quantitative estimate of drug-likeness (QED) is 0.129. The Morgan fingerprint density at radius 3 is 2.67 bits per heavy atom. The third-order valence-electron chi connectivity index (χ3n) is 5.24. The molecule has 4 heterocycles. The number of nitrogens with one attached hydrogen (secondary N) is 1. The molecular formula is C20H21N8O6S2+. The number of hydrogen-bond donors (Lipinski definition) is 4. The molecule has 36 heavy (non-hydrogen) atoms. The molecule has 16 heteroatoms. The van der Waals surface area contributed by atoms with E-state index in [4.69, 9.17) is 16.3 Å². The van der Waals surface area contributed by atoms with E-state index in [1.165, 1.54) is 23.9 Å². The summed E-state index contributed by atoms with van der Waals surface area (Å²) < 4.78 is 5.64. The summed E-state index contributed by atoms with van der Waals surface area (Å²) in [5.41, 5.74) is 11.3. The van der Waals surface area contributed by atoms with Crippen LogP contribution in [0.4, 0.5) is 5.13 Å². The molecule has 4 rings (SSSR count). The van der Waals surface area contributed by atoms with E-state index in [1.807, 2.05) is 0 Å². The van der Waals surface area contributed by atoms with Crippen molar-refractivity contribution in [2.24, 2.45) is 10.9 Å². The number of carbonyl (C=O) groups is 4. The monoisotopic (exact) mass is 533 g/mol. The summed E-state index contributed by atoms with van der Waals surface area (Å²) in [6.45, 7) is 2.04. The van der Waals surface area contributed by atoms with Gasteiger partial charge in [-0.2, -0.15) is 9.36 Å². The molecule has 3 amide bonds. The first-order chi connectivity index (χ1) is 17.2. The Morgan fingerprint density at radius 1 is 1.36 bits per heavy atom. The topological polar surface area (TPSA) is 207 Å². The number of carboxylic acids is 1. The summed E-state index contributed by atoms with van der Waals surface area (Å²) >= 11 is 2.19. The first-order valence-electron chi connectivity index (χ1n) is 10.5. The van der Waals surface area contributed by atoms with Gasteiger partial charge in [-0.1, -0.05) is 5.16 Å². The second kappa shape index (κ2) is 10.3. The van der Waals surface area contributed by atoms with Crippen LogP contribution >= 0.6 is 23.3 Å². The fourth-order valence-corrected chi connectivity index (χ4v) is 5.38. The number of fused-ring (bicyclic) bond motifs is 1. The number of nitrogens with two attached hydrogens (primary N) is 2. The Morgan fingerprint density at radius 2 is 2.08 bits per heavy atom. The lowest BCUT2D eigenvalue weighted by atomic mass is 10.0. The van der Waals surface area contributed by atoms with Crippen LogP contribution in [0.3, 0.4) is 0 Å². The minimum Gasteiger partial charge on any atom is -0.477 e. The number of thioether (sulfide) groups is 1. The third-order valence-corrected chi connectivity index (χ3v) is 7.12. The Balaban J connectivity index is 1.52. The highest BCUT2D eigenvalue weighted by Crippen LogP contribution is 2.40. The Labute approximate surface area is 212 Å². The molecule has 1 fully saturated rings. The van der Waals surface area contributed by atoms with Crippen LogP contribution < -0.4 is 21.4 Å². The number of hydrogen-bond acceptors (Lipinski definition) is 11. The molecule has 0 aliphatic carbocycles. The molecule has 6 N–H and O–H groups in total. The lowest BCUT2D eigenvalue weighted by Gasteiger charge is -2.49. The smallest absolute Gasteiger partial charge is 0.352 e. The van der Waals surface area contributed by atoms with Gasteiger partial charge in [0.15, 0.2) is 24.1 Å². The van der Waals surface area contributed by atoms with Crippen LogP contribution in [0.25, 0.3) is 0 Å². The molecule has 2 aliphatic heterocycles. The Bertz CT molecular complexity index is 1290. The molecule has 0 aromatic carbocycles. The normalized spacial score (nSPS) is 19.4. The summed E-state index contributed by atoms with van der Waals surface area (Å²) in [6, 6.07) is 2.06. The summed E-state index contributed by atoms with van der Waals surface area (Å²) in [5.74, 6) is -2.91. The van der Waals surface area contributed by atoms with Crippen LogP contribution in [0.15, 0.2) is 41.0 Å². The number of β-lactam (4-membered cyclic amide) rings is 1. The second-order valence-corrected chi connectivity index (χ2v) is 9.44. The Hall–Kier alpha value is -4.05. The van der Waals surface area contributed by atoms with Crippen molar-refractivity contribution in [2.75, 3.05) is 18.1 Å². The molecule has 1 unspecified atom stereocenters. The van der Waals surface area contributed by atoms with Crippen LogP contribution in [-0.4, -0.2) is 72.5 Å². The van der Waals surface area contributed by atoms with E-state index < -0.39 is 35.1 Å². The van der Waals surface area contributed by atoms with E-state index in [-0.39, 0.29) is 35.5 Å². The fourth-order valence-electron chi connectivity index (χ4n) is 3.61. The molecule has 0 radical (unpaired) electrons. The minimum atomic E-state index is -1.26. The van der Waals surface area contributed by atoms with Crippen molar-refractivity contribution in [3.8, 4) is 0 Å². The summed E-state index contributed by atoms with van der Waals surface area (Å²) in [7, 11) is 0. The van der Waals surface area contributed by atoms with Gasteiger partial charge >= 0.3 is 5.97 Å². The third kappa shape index (κ3) is 4.85. The first-order valence-corrected chi connectivity index (χ1v) is 12.3. The molecule has 2 aromatic rings. The molecule has 2 aliphatic rings. The molecule has 1 saturated heterocycles. The number of carboxylic acid groups (broad SMARTS) is 1. The van der Waals surface area contributed by atoms with Crippen LogP contribution in [0.2, 0.25) is 0 Å². The van der Waals surface area contributed by atoms with Gasteiger partial charge in [0.05, 0.1) is 5.56 Å². The summed E-state index contributed by atoms with van der Waals surface area (Å²) in [6.07, 6.45) is 3.20. The first kappa shape index (κ1) is 25.1. The predicted octanol–water partition coefficient (Wildman–Crippen LogP) is -1.31. The molecular weight excluding hydrogens is 512 g/mol. The predicted molar refractivity (Wildman–Crippen MR) is 127 cm³/mol. The van der Waals surface area contributed by atoms with Crippen molar-refractivity contribution in [1.82, 2.24) is 19.6 Å². The summed E-state index contributed by atoms with van der Waals surface area (Å²) in [4.78, 5) is 59.3. The van der Waals surface area contributed by atoms with Crippen LogP contribution in [0.1, 0.15) is 23.1 Å². The fraction of sp³-hybridized carbons (Fsp3) is 0.300. The lowest BCUT2D eigenvalue weighted by Crippen LogP contribution is -2.71. The highest BCUT2D eigenvalue weighted by Gasteiger charge is 2.54. The minimum absolute atomic E-state index is 0.0452. The van der Waals surface area contributed by atoms with E-state index in [2.05, 4.69) is 19.8 Å². The van der Waals surface area contributed by atoms with Crippen molar-refractivity contribution in [3.63, 3.8) is 0 Å².